The number of benzene rings is 1. The van der Waals surface area contributed by atoms with Gasteiger partial charge in [0.05, 0.1) is 0 Å². The number of hydrogen-bond donors (Lipinski definition) is 0. The van der Waals surface area contributed by atoms with Gasteiger partial charge in [-0.25, -0.2) is 0 Å². The molecule has 0 aliphatic heterocycles. The molecule has 0 aliphatic rings. The molecule has 0 bridgehead atoms. The summed E-state index contributed by atoms with van der Waals surface area (Å²) in [6.07, 6.45) is 8.12. The van der Waals surface area contributed by atoms with E-state index in [2.05, 4.69) is 13.0 Å². The summed E-state index contributed by atoms with van der Waals surface area (Å²) in [5.41, 5.74) is 1.29. The van der Waals surface area contributed by atoms with Gasteiger partial charge < -0.3 is 4.74 Å². The molecule has 1 nitrogen and oxygen atoms in total. The number of rotatable bonds is 2. The molecule has 0 aromatic heterocycles. The largest absolute Gasteiger partial charge is 0.408 e. The third kappa shape index (κ3) is 2.01. The van der Waals surface area contributed by atoms with Crippen molar-refractivity contribution in [3.63, 3.8) is 0 Å². The average Bonchev–Trinajstić information content (AvgIpc) is 2.07. The van der Waals surface area contributed by atoms with Crippen LogP contribution in [0.4, 0.5) is 0 Å². The molecule has 0 spiro atoms. The first-order valence-electron chi connectivity index (χ1n) is 3.58. The Morgan fingerprint density at radius 3 is 2.45 bits per heavy atom. The Bertz CT molecular complexity index is 253. The van der Waals surface area contributed by atoms with Gasteiger partial charge in [-0.15, -0.1) is 0 Å². The van der Waals surface area contributed by atoms with Gasteiger partial charge in [0.15, 0.2) is 0 Å². The zero-order valence-electron chi connectivity index (χ0n) is 6.50. The highest BCUT2D eigenvalue weighted by atomic mass is 16.5. The molecule has 0 saturated carbocycles. The van der Waals surface area contributed by atoms with Crippen LogP contribution in [0.15, 0.2) is 24.3 Å². The second-order valence-corrected chi connectivity index (χ2v) is 2.22. The van der Waals surface area contributed by atoms with Gasteiger partial charge in [-0.1, -0.05) is 25.5 Å². The number of terminal acetylenes is 1. The maximum atomic E-state index is 4.96. The van der Waals surface area contributed by atoms with E-state index in [0.717, 1.165) is 12.2 Å². The molecule has 0 radical (unpaired) electrons. The van der Waals surface area contributed by atoms with Crippen molar-refractivity contribution in [3.8, 4) is 18.3 Å². The second kappa shape index (κ2) is 3.68. The van der Waals surface area contributed by atoms with Crippen LogP contribution >= 0.6 is 0 Å². The van der Waals surface area contributed by atoms with Crippen LogP contribution in [0.25, 0.3) is 0 Å². The van der Waals surface area contributed by atoms with Crippen molar-refractivity contribution < 1.29 is 4.74 Å². The molecular weight excluding hydrogens is 136 g/mol. The Hall–Kier alpha value is -1.42. The van der Waals surface area contributed by atoms with E-state index in [4.69, 9.17) is 11.2 Å². The van der Waals surface area contributed by atoms with E-state index in [0.29, 0.717) is 0 Å². The lowest BCUT2D eigenvalue weighted by atomic mass is 10.2. The normalized spacial score (nSPS) is 8.73. The van der Waals surface area contributed by atoms with Crippen molar-refractivity contribution in [2.24, 2.45) is 0 Å². The molecule has 11 heavy (non-hydrogen) atoms. The van der Waals surface area contributed by atoms with Gasteiger partial charge in [0.2, 0.25) is 0 Å². The molecule has 0 saturated heterocycles. The number of ether oxygens (including phenoxy) is 1. The van der Waals surface area contributed by atoms with Crippen LogP contribution < -0.4 is 4.74 Å². The van der Waals surface area contributed by atoms with Crippen LogP contribution in [0.5, 0.6) is 5.75 Å². The quantitative estimate of drug-likeness (QED) is 0.581. The summed E-state index contributed by atoms with van der Waals surface area (Å²) < 4.78 is 4.83. The fourth-order valence-corrected chi connectivity index (χ4v) is 0.861. The summed E-state index contributed by atoms with van der Waals surface area (Å²) in [7, 11) is 0. The molecular formula is C10H10O. The van der Waals surface area contributed by atoms with E-state index < -0.39 is 0 Å². The lowest BCUT2D eigenvalue weighted by Gasteiger charge is -1.97. The molecule has 0 aliphatic carbocycles. The van der Waals surface area contributed by atoms with Crippen molar-refractivity contribution in [3.05, 3.63) is 29.8 Å². The second-order valence-electron chi connectivity index (χ2n) is 2.22. The standard InChI is InChI=1S/C10H10O/c1-3-9-5-7-10(8-6-9)11-4-2/h2,5-8H,3H2,1H3. The SMILES string of the molecule is C#COc1ccc(CC)cc1. The van der Waals surface area contributed by atoms with Gasteiger partial charge in [-0.05, 0) is 24.1 Å². The Morgan fingerprint density at radius 2 is 2.00 bits per heavy atom. The van der Waals surface area contributed by atoms with Gasteiger partial charge in [-0.3, -0.25) is 0 Å². The molecule has 1 aromatic carbocycles. The lowest BCUT2D eigenvalue weighted by Crippen LogP contribution is -1.82. The van der Waals surface area contributed by atoms with E-state index in [-0.39, 0.29) is 0 Å². The van der Waals surface area contributed by atoms with Gasteiger partial charge in [0, 0.05) is 0 Å². The lowest BCUT2D eigenvalue weighted by molar-refractivity contribution is 0.520. The summed E-state index contributed by atoms with van der Waals surface area (Å²) in [5.74, 6) is 0.727. The highest BCUT2D eigenvalue weighted by molar-refractivity contribution is 5.28. The Morgan fingerprint density at radius 1 is 1.36 bits per heavy atom. The van der Waals surface area contributed by atoms with Crippen molar-refractivity contribution in [1.29, 1.82) is 0 Å². The van der Waals surface area contributed by atoms with Gasteiger partial charge in [0.1, 0.15) is 11.9 Å². The molecule has 0 heterocycles. The van der Waals surface area contributed by atoms with Crippen LogP contribution in [0, 0.1) is 12.5 Å². The summed E-state index contributed by atoms with van der Waals surface area (Å²) >= 11 is 0. The third-order valence-electron chi connectivity index (χ3n) is 1.51. The maximum absolute atomic E-state index is 4.96. The van der Waals surface area contributed by atoms with E-state index in [1.807, 2.05) is 24.3 Å². The Kier molecular flexibility index (Phi) is 2.57. The Balaban J connectivity index is 2.76. The van der Waals surface area contributed by atoms with Gasteiger partial charge in [0.25, 0.3) is 0 Å². The molecule has 0 amide bonds. The van der Waals surface area contributed by atoms with Crippen molar-refractivity contribution in [1.82, 2.24) is 0 Å². The maximum Gasteiger partial charge on any atom is 0.140 e. The molecule has 1 rings (SSSR count). The molecule has 0 fully saturated rings. The highest BCUT2D eigenvalue weighted by Crippen LogP contribution is 2.11. The number of aryl methyl sites for hydroxylation is 1. The first-order valence-corrected chi connectivity index (χ1v) is 3.58. The van der Waals surface area contributed by atoms with E-state index >= 15 is 0 Å². The van der Waals surface area contributed by atoms with Crippen molar-refractivity contribution >= 4 is 0 Å². The smallest absolute Gasteiger partial charge is 0.140 e. The predicted octanol–water partition coefficient (Wildman–Crippen LogP) is 2.22. The minimum atomic E-state index is 0.727. The van der Waals surface area contributed by atoms with Crippen LogP contribution in [-0.2, 0) is 6.42 Å². The molecule has 0 unspecified atom stereocenters. The number of hydrogen-bond acceptors (Lipinski definition) is 1. The predicted molar refractivity (Wildman–Crippen MR) is 45.3 cm³/mol. The zero-order chi connectivity index (χ0) is 8.10. The van der Waals surface area contributed by atoms with E-state index in [1.165, 1.54) is 5.56 Å². The Labute approximate surface area is 67.0 Å². The molecule has 1 aromatic rings. The van der Waals surface area contributed by atoms with Crippen LogP contribution in [0.3, 0.4) is 0 Å². The van der Waals surface area contributed by atoms with Gasteiger partial charge >= 0.3 is 0 Å². The van der Waals surface area contributed by atoms with Crippen LogP contribution in [0.1, 0.15) is 12.5 Å². The van der Waals surface area contributed by atoms with Crippen LogP contribution in [0.2, 0.25) is 0 Å². The van der Waals surface area contributed by atoms with Crippen molar-refractivity contribution in [2.75, 3.05) is 0 Å². The molecule has 56 valence electrons. The van der Waals surface area contributed by atoms with Gasteiger partial charge in [-0.2, -0.15) is 0 Å². The van der Waals surface area contributed by atoms with E-state index in [9.17, 15) is 0 Å². The first-order chi connectivity index (χ1) is 5.36. The van der Waals surface area contributed by atoms with Crippen molar-refractivity contribution in [2.45, 2.75) is 13.3 Å². The molecule has 1 heteroatoms. The summed E-state index contributed by atoms with van der Waals surface area (Å²) in [6.45, 7) is 2.11. The highest BCUT2D eigenvalue weighted by Gasteiger charge is 1.90. The average molecular weight is 146 g/mol. The monoisotopic (exact) mass is 146 g/mol. The summed E-state index contributed by atoms with van der Waals surface area (Å²) in [6, 6.07) is 7.76. The first kappa shape index (κ1) is 7.68. The van der Waals surface area contributed by atoms with E-state index in [1.54, 1.807) is 0 Å². The van der Waals surface area contributed by atoms with Crippen LogP contribution in [-0.4, -0.2) is 0 Å². The third-order valence-corrected chi connectivity index (χ3v) is 1.51. The fraction of sp³-hybridized carbons (Fsp3) is 0.200. The minimum absolute atomic E-state index is 0.727. The summed E-state index contributed by atoms with van der Waals surface area (Å²) in [5, 5.41) is 0. The topological polar surface area (TPSA) is 9.23 Å². The summed E-state index contributed by atoms with van der Waals surface area (Å²) in [4.78, 5) is 0. The molecule has 0 N–H and O–H groups in total. The minimum Gasteiger partial charge on any atom is -0.408 e. The fourth-order valence-electron chi connectivity index (χ4n) is 0.861. The molecule has 0 atom stereocenters. The zero-order valence-corrected chi connectivity index (χ0v) is 6.50.